The fourth-order valence-electron chi connectivity index (χ4n) is 3.89. The van der Waals surface area contributed by atoms with E-state index in [1.54, 1.807) is 7.11 Å². The van der Waals surface area contributed by atoms with Gasteiger partial charge in [-0.05, 0) is 54.9 Å². The smallest absolute Gasteiger partial charge is 0.174 e. The van der Waals surface area contributed by atoms with Crippen LogP contribution in [0, 0.1) is 5.92 Å². The van der Waals surface area contributed by atoms with Gasteiger partial charge in [-0.3, -0.25) is 9.69 Å². The summed E-state index contributed by atoms with van der Waals surface area (Å²) < 4.78 is 5.30. The number of hydrogen-bond donors (Lipinski definition) is 1. The third-order valence-electron chi connectivity index (χ3n) is 5.38. The summed E-state index contributed by atoms with van der Waals surface area (Å²) in [5.74, 6) is 1.79. The van der Waals surface area contributed by atoms with Gasteiger partial charge < -0.3 is 10.5 Å². The molecular formula is C17H22N2O2. The van der Waals surface area contributed by atoms with E-state index in [4.69, 9.17) is 10.5 Å². The van der Waals surface area contributed by atoms with E-state index in [9.17, 15) is 4.79 Å². The summed E-state index contributed by atoms with van der Waals surface area (Å²) in [6.45, 7) is 2.00. The molecule has 0 unspecified atom stereocenters. The molecule has 2 aliphatic carbocycles. The number of Topliss-reactive ketones (excluding diaryl/α,β-unsaturated/α-hetero) is 1. The van der Waals surface area contributed by atoms with Crippen molar-refractivity contribution in [2.75, 3.05) is 20.2 Å². The van der Waals surface area contributed by atoms with Crippen molar-refractivity contribution in [3.63, 3.8) is 0 Å². The number of rotatable bonds is 3. The molecule has 4 nitrogen and oxygen atoms in total. The van der Waals surface area contributed by atoms with Crippen LogP contribution in [-0.4, -0.2) is 36.9 Å². The maximum absolute atomic E-state index is 12.9. The lowest BCUT2D eigenvalue weighted by atomic mass is 9.69. The van der Waals surface area contributed by atoms with Gasteiger partial charge in [-0.25, -0.2) is 0 Å². The Morgan fingerprint density at radius 1 is 1.43 bits per heavy atom. The van der Waals surface area contributed by atoms with Crippen LogP contribution < -0.4 is 10.5 Å². The highest BCUT2D eigenvalue weighted by Crippen LogP contribution is 2.42. The first-order chi connectivity index (χ1) is 10.1. The fourth-order valence-corrected chi connectivity index (χ4v) is 3.89. The zero-order valence-electron chi connectivity index (χ0n) is 12.5. The van der Waals surface area contributed by atoms with Gasteiger partial charge in [0.15, 0.2) is 5.78 Å². The van der Waals surface area contributed by atoms with E-state index in [0.717, 1.165) is 43.2 Å². The third-order valence-corrected chi connectivity index (χ3v) is 5.38. The number of carbonyl (C=O) groups is 1. The van der Waals surface area contributed by atoms with Gasteiger partial charge in [-0.15, -0.1) is 0 Å². The minimum atomic E-state index is -0.813. The largest absolute Gasteiger partial charge is 0.497 e. The van der Waals surface area contributed by atoms with Crippen LogP contribution in [-0.2, 0) is 16.8 Å². The van der Waals surface area contributed by atoms with Crippen molar-refractivity contribution < 1.29 is 9.53 Å². The van der Waals surface area contributed by atoms with E-state index in [1.165, 1.54) is 18.4 Å². The second-order valence-electron chi connectivity index (χ2n) is 6.77. The van der Waals surface area contributed by atoms with Crippen LogP contribution in [0.3, 0.4) is 0 Å². The van der Waals surface area contributed by atoms with E-state index in [-0.39, 0.29) is 11.8 Å². The number of hydrogen-bond acceptors (Lipinski definition) is 4. The van der Waals surface area contributed by atoms with Crippen LogP contribution in [0.2, 0.25) is 0 Å². The molecular weight excluding hydrogens is 264 g/mol. The fraction of sp³-hybridized carbons (Fsp3) is 0.588. The summed E-state index contributed by atoms with van der Waals surface area (Å²) in [5, 5.41) is 0. The topological polar surface area (TPSA) is 55.6 Å². The molecule has 0 spiro atoms. The molecule has 0 aromatic heterocycles. The molecule has 3 aliphatic rings. The van der Waals surface area contributed by atoms with E-state index in [2.05, 4.69) is 11.0 Å². The standard InChI is InChI=1S/C17H22N2O2/c1-21-13-5-4-12-8-15-16(20)17(18,14(12)9-13)6-7-19(15)10-11-2-3-11/h4-5,9,11,15H,2-3,6-8,10,18H2,1H3/t15-,17-/m1/s1. The number of nitrogens with zero attached hydrogens (tertiary/aromatic N) is 1. The summed E-state index contributed by atoms with van der Waals surface area (Å²) in [4.78, 5) is 15.3. The molecule has 2 bridgehead atoms. The van der Waals surface area contributed by atoms with E-state index >= 15 is 0 Å². The number of carbonyl (C=O) groups excluding carboxylic acids is 1. The predicted molar refractivity (Wildman–Crippen MR) is 80.3 cm³/mol. The molecule has 1 aromatic carbocycles. The lowest BCUT2D eigenvalue weighted by Gasteiger charge is -2.48. The van der Waals surface area contributed by atoms with E-state index < -0.39 is 5.54 Å². The SMILES string of the molecule is COc1ccc2c(c1)[C@]1(N)CCN(CC3CC3)[C@H](C2)C1=O. The molecule has 2 N–H and O–H groups in total. The van der Waals surface area contributed by atoms with Gasteiger partial charge in [0, 0.05) is 13.1 Å². The van der Waals surface area contributed by atoms with Gasteiger partial charge in [0.25, 0.3) is 0 Å². The van der Waals surface area contributed by atoms with Crippen LogP contribution >= 0.6 is 0 Å². The highest BCUT2D eigenvalue weighted by molar-refractivity contribution is 5.97. The Hall–Kier alpha value is -1.39. The second-order valence-corrected chi connectivity index (χ2v) is 6.77. The molecule has 4 rings (SSSR count). The lowest BCUT2D eigenvalue weighted by Crippen LogP contribution is -2.64. The summed E-state index contributed by atoms with van der Waals surface area (Å²) in [5.41, 5.74) is 7.94. The van der Waals surface area contributed by atoms with Gasteiger partial charge in [-0.1, -0.05) is 6.07 Å². The summed E-state index contributed by atoms with van der Waals surface area (Å²) in [6.07, 6.45) is 4.15. The highest BCUT2D eigenvalue weighted by atomic mass is 16.5. The van der Waals surface area contributed by atoms with Gasteiger partial charge >= 0.3 is 0 Å². The second kappa shape index (κ2) is 4.55. The first kappa shape index (κ1) is 13.3. The molecule has 112 valence electrons. The van der Waals surface area contributed by atoms with Gasteiger partial charge in [0.2, 0.25) is 0 Å². The molecule has 1 saturated heterocycles. The van der Waals surface area contributed by atoms with Crippen molar-refractivity contribution in [3.8, 4) is 5.75 Å². The Balaban J connectivity index is 1.72. The highest BCUT2D eigenvalue weighted by Gasteiger charge is 2.51. The molecule has 1 aliphatic heterocycles. The Labute approximate surface area is 125 Å². The van der Waals surface area contributed by atoms with Crippen LogP contribution in [0.25, 0.3) is 0 Å². The van der Waals surface area contributed by atoms with Crippen LogP contribution in [0.5, 0.6) is 5.75 Å². The maximum atomic E-state index is 12.9. The number of ketones is 1. The Bertz CT molecular complexity index is 596. The van der Waals surface area contributed by atoms with Crippen molar-refractivity contribution in [3.05, 3.63) is 29.3 Å². The molecule has 1 heterocycles. The number of methoxy groups -OCH3 is 1. The molecule has 0 amide bonds. The van der Waals surface area contributed by atoms with Crippen molar-refractivity contribution >= 4 is 5.78 Å². The number of likely N-dealkylation sites (tertiary alicyclic amines) is 1. The zero-order chi connectivity index (χ0) is 14.6. The predicted octanol–water partition coefficient (Wildman–Crippen LogP) is 1.46. The molecule has 1 saturated carbocycles. The zero-order valence-corrected chi connectivity index (χ0v) is 12.5. The Morgan fingerprint density at radius 3 is 2.95 bits per heavy atom. The van der Waals surface area contributed by atoms with Crippen LogP contribution in [0.15, 0.2) is 18.2 Å². The van der Waals surface area contributed by atoms with Gasteiger partial charge in [-0.2, -0.15) is 0 Å². The van der Waals surface area contributed by atoms with Gasteiger partial charge in [0.05, 0.1) is 13.2 Å². The third kappa shape index (κ3) is 2.00. The number of fused-ring (bicyclic) bond motifs is 4. The van der Waals surface area contributed by atoms with Crippen LogP contribution in [0.1, 0.15) is 30.4 Å². The van der Waals surface area contributed by atoms with Gasteiger partial charge in [0.1, 0.15) is 11.3 Å². The Morgan fingerprint density at radius 2 is 2.24 bits per heavy atom. The summed E-state index contributed by atoms with van der Waals surface area (Å²) in [6, 6.07) is 5.99. The molecule has 1 aromatic rings. The molecule has 2 fully saturated rings. The number of ether oxygens (including phenoxy) is 1. The Kier molecular flexibility index (Phi) is 2.88. The maximum Gasteiger partial charge on any atom is 0.174 e. The molecule has 21 heavy (non-hydrogen) atoms. The van der Waals surface area contributed by atoms with Crippen molar-refractivity contribution in [1.29, 1.82) is 0 Å². The first-order valence-electron chi connectivity index (χ1n) is 7.86. The molecule has 4 heteroatoms. The summed E-state index contributed by atoms with van der Waals surface area (Å²) >= 11 is 0. The number of nitrogens with two attached hydrogens (primary N) is 1. The van der Waals surface area contributed by atoms with Crippen molar-refractivity contribution in [2.45, 2.75) is 37.3 Å². The van der Waals surface area contributed by atoms with E-state index in [1.807, 2.05) is 12.1 Å². The average Bonchev–Trinajstić information content (AvgIpc) is 3.30. The van der Waals surface area contributed by atoms with Crippen molar-refractivity contribution in [2.24, 2.45) is 11.7 Å². The minimum Gasteiger partial charge on any atom is -0.497 e. The van der Waals surface area contributed by atoms with E-state index in [0.29, 0.717) is 0 Å². The minimum absolute atomic E-state index is 0.0229. The quantitative estimate of drug-likeness (QED) is 0.914. The average molecular weight is 286 g/mol. The lowest BCUT2D eigenvalue weighted by molar-refractivity contribution is -0.135. The molecule has 0 radical (unpaired) electrons. The summed E-state index contributed by atoms with van der Waals surface area (Å²) in [7, 11) is 1.65. The van der Waals surface area contributed by atoms with Crippen molar-refractivity contribution in [1.82, 2.24) is 4.90 Å². The first-order valence-corrected chi connectivity index (χ1v) is 7.86. The normalized spacial score (nSPS) is 31.9. The number of piperidine rings is 1. The molecule has 2 atom stereocenters. The monoisotopic (exact) mass is 286 g/mol. The van der Waals surface area contributed by atoms with Crippen LogP contribution in [0.4, 0.5) is 0 Å². The number of benzene rings is 1.